The van der Waals surface area contributed by atoms with E-state index in [-0.39, 0.29) is 5.91 Å². The number of carbonyl (C=O) groups is 1. The van der Waals surface area contributed by atoms with Gasteiger partial charge in [0.25, 0.3) is 0 Å². The second kappa shape index (κ2) is 7.35. The molecule has 0 heterocycles. The Kier molecular flexibility index (Phi) is 6.08. The molecule has 0 aliphatic rings. The van der Waals surface area contributed by atoms with Gasteiger partial charge in [-0.2, -0.15) is 0 Å². The quantitative estimate of drug-likeness (QED) is 0.730. The van der Waals surface area contributed by atoms with Crippen LogP contribution in [0.15, 0.2) is 29.2 Å². The Morgan fingerprint density at radius 1 is 1.35 bits per heavy atom. The normalized spacial score (nSPS) is 10.8. The van der Waals surface area contributed by atoms with Gasteiger partial charge in [-0.15, -0.1) is 11.8 Å². The Hall–Kier alpha value is -1.00. The van der Waals surface area contributed by atoms with Crippen LogP contribution in [0.2, 0.25) is 0 Å². The number of nitrogens with two attached hydrogens (primary N) is 1. The van der Waals surface area contributed by atoms with Crippen molar-refractivity contribution in [2.24, 2.45) is 11.7 Å². The molecule has 0 saturated carbocycles. The van der Waals surface area contributed by atoms with Gasteiger partial charge in [0, 0.05) is 11.4 Å². The van der Waals surface area contributed by atoms with Gasteiger partial charge >= 0.3 is 0 Å². The average Bonchev–Trinajstić information content (AvgIpc) is 2.27. The van der Waals surface area contributed by atoms with Crippen molar-refractivity contribution in [3.63, 3.8) is 0 Å². The van der Waals surface area contributed by atoms with Crippen molar-refractivity contribution in [2.75, 3.05) is 12.3 Å². The number of thioether (sulfide) groups is 1. The lowest BCUT2D eigenvalue weighted by atomic mass is 10.2. The third kappa shape index (κ3) is 6.34. The van der Waals surface area contributed by atoms with Crippen LogP contribution in [-0.2, 0) is 11.3 Å². The minimum Gasteiger partial charge on any atom is -0.369 e. The number of benzene rings is 1. The summed E-state index contributed by atoms with van der Waals surface area (Å²) in [5.41, 5.74) is 6.35. The molecule has 3 N–H and O–H groups in total. The van der Waals surface area contributed by atoms with Crippen LogP contribution in [0.3, 0.4) is 0 Å². The summed E-state index contributed by atoms with van der Waals surface area (Å²) in [4.78, 5) is 11.7. The lowest BCUT2D eigenvalue weighted by Gasteiger charge is -2.07. The van der Waals surface area contributed by atoms with Crippen molar-refractivity contribution in [1.29, 1.82) is 0 Å². The van der Waals surface area contributed by atoms with Crippen molar-refractivity contribution in [3.8, 4) is 0 Å². The zero-order valence-electron chi connectivity index (χ0n) is 10.4. The molecule has 1 rings (SSSR count). The Labute approximate surface area is 107 Å². The first kappa shape index (κ1) is 14.1. The van der Waals surface area contributed by atoms with E-state index in [1.807, 2.05) is 12.1 Å². The van der Waals surface area contributed by atoms with Crippen molar-refractivity contribution in [3.05, 3.63) is 29.8 Å². The molecule has 4 heteroatoms. The SMILES string of the molecule is CC(C)CNCc1ccc(SCC(N)=O)cc1. The Bertz CT molecular complexity index is 349. The third-order valence-corrected chi connectivity index (χ3v) is 3.22. The smallest absolute Gasteiger partial charge is 0.227 e. The molecule has 1 amide bonds. The Morgan fingerprint density at radius 2 is 2.00 bits per heavy atom. The van der Waals surface area contributed by atoms with Crippen LogP contribution in [0.4, 0.5) is 0 Å². The summed E-state index contributed by atoms with van der Waals surface area (Å²) in [6, 6.07) is 8.22. The molecule has 0 radical (unpaired) electrons. The van der Waals surface area contributed by atoms with E-state index < -0.39 is 0 Å². The number of amides is 1. The molecule has 0 unspecified atom stereocenters. The van der Waals surface area contributed by atoms with Gasteiger partial charge in [-0.3, -0.25) is 4.79 Å². The first-order chi connectivity index (χ1) is 8.08. The van der Waals surface area contributed by atoms with Crippen molar-refractivity contribution in [2.45, 2.75) is 25.3 Å². The van der Waals surface area contributed by atoms with E-state index in [9.17, 15) is 4.79 Å². The minimum absolute atomic E-state index is 0.280. The van der Waals surface area contributed by atoms with Crippen LogP contribution in [0.5, 0.6) is 0 Å². The van der Waals surface area contributed by atoms with Crippen LogP contribution in [0.1, 0.15) is 19.4 Å². The molecule has 3 nitrogen and oxygen atoms in total. The summed E-state index contributed by atoms with van der Waals surface area (Å²) in [6.45, 7) is 6.30. The van der Waals surface area contributed by atoms with E-state index in [2.05, 4.69) is 31.3 Å². The largest absolute Gasteiger partial charge is 0.369 e. The van der Waals surface area contributed by atoms with E-state index >= 15 is 0 Å². The van der Waals surface area contributed by atoms with Crippen LogP contribution in [-0.4, -0.2) is 18.2 Å². The van der Waals surface area contributed by atoms with E-state index in [4.69, 9.17) is 5.73 Å². The Morgan fingerprint density at radius 3 is 2.53 bits per heavy atom. The second-order valence-electron chi connectivity index (χ2n) is 4.42. The highest BCUT2D eigenvalue weighted by atomic mass is 32.2. The molecule has 0 aliphatic carbocycles. The van der Waals surface area contributed by atoms with Crippen LogP contribution in [0, 0.1) is 5.92 Å². The van der Waals surface area contributed by atoms with E-state index in [1.54, 1.807) is 0 Å². The molecule has 0 aliphatic heterocycles. The van der Waals surface area contributed by atoms with Crippen LogP contribution in [0.25, 0.3) is 0 Å². The third-order valence-electron chi connectivity index (χ3n) is 2.19. The molecule has 0 atom stereocenters. The van der Waals surface area contributed by atoms with Gasteiger partial charge in [0.05, 0.1) is 5.75 Å². The summed E-state index contributed by atoms with van der Waals surface area (Å²) in [5.74, 6) is 0.725. The van der Waals surface area contributed by atoms with Crippen LogP contribution >= 0.6 is 11.8 Å². The van der Waals surface area contributed by atoms with Crippen molar-refractivity contribution < 1.29 is 4.79 Å². The number of primary amides is 1. The molecule has 17 heavy (non-hydrogen) atoms. The molecule has 0 aromatic heterocycles. The predicted octanol–water partition coefficient (Wildman–Crippen LogP) is 2.01. The molecule has 1 aromatic rings. The topological polar surface area (TPSA) is 55.1 Å². The maximum Gasteiger partial charge on any atom is 0.227 e. The second-order valence-corrected chi connectivity index (χ2v) is 5.47. The molecule has 94 valence electrons. The number of hydrogen-bond acceptors (Lipinski definition) is 3. The molecule has 0 spiro atoms. The molecular formula is C13H20N2OS. The average molecular weight is 252 g/mol. The first-order valence-electron chi connectivity index (χ1n) is 5.78. The van der Waals surface area contributed by atoms with E-state index in [1.165, 1.54) is 17.3 Å². The number of rotatable bonds is 7. The monoisotopic (exact) mass is 252 g/mol. The van der Waals surface area contributed by atoms with Crippen molar-refractivity contribution >= 4 is 17.7 Å². The fourth-order valence-electron chi connectivity index (χ4n) is 1.36. The molecule has 1 aromatic carbocycles. The number of nitrogens with one attached hydrogen (secondary N) is 1. The van der Waals surface area contributed by atoms with Crippen LogP contribution < -0.4 is 11.1 Å². The fourth-order valence-corrected chi connectivity index (χ4v) is 2.00. The zero-order valence-corrected chi connectivity index (χ0v) is 11.2. The van der Waals surface area contributed by atoms with Gasteiger partial charge in [0.1, 0.15) is 0 Å². The lowest BCUT2D eigenvalue weighted by molar-refractivity contribution is -0.115. The van der Waals surface area contributed by atoms with Gasteiger partial charge in [-0.25, -0.2) is 0 Å². The van der Waals surface area contributed by atoms with E-state index in [0.29, 0.717) is 11.7 Å². The van der Waals surface area contributed by atoms with Gasteiger partial charge in [-0.05, 0) is 30.2 Å². The summed E-state index contributed by atoms with van der Waals surface area (Å²) in [7, 11) is 0. The maximum absolute atomic E-state index is 10.6. The van der Waals surface area contributed by atoms with Gasteiger partial charge < -0.3 is 11.1 Å². The predicted molar refractivity (Wildman–Crippen MR) is 72.9 cm³/mol. The fraction of sp³-hybridized carbons (Fsp3) is 0.462. The van der Waals surface area contributed by atoms with E-state index in [0.717, 1.165) is 18.0 Å². The van der Waals surface area contributed by atoms with Gasteiger partial charge in [-0.1, -0.05) is 26.0 Å². The Balaban J connectivity index is 2.36. The standard InChI is InChI=1S/C13H20N2OS/c1-10(2)7-15-8-11-3-5-12(6-4-11)17-9-13(14)16/h3-6,10,15H,7-9H2,1-2H3,(H2,14,16). The van der Waals surface area contributed by atoms with Crippen molar-refractivity contribution in [1.82, 2.24) is 5.32 Å². The lowest BCUT2D eigenvalue weighted by Crippen LogP contribution is -2.18. The zero-order chi connectivity index (χ0) is 12.7. The van der Waals surface area contributed by atoms with Gasteiger partial charge in [0.15, 0.2) is 0 Å². The molecule has 0 saturated heterocycles. The summed E-state index contributed by atoms with van der Waals surface area (Å²) >= 11 is 1.47. The highest BCUT2D eigenvalue weighted by molar-refractivity contribution is 8.00. The summed E-state index contributed by atoms with van der Waals surface area (Å²) < 4.78 is 0. The first-order valence-corrected chi connectivity index (χ1v) is 6.77. The highest BCUT2D eigenvalue weighted by Crippen LogP contribution is 2.17. The molecule has 0 bridgehead atoms. The summed E-state index contributed by atoms with van der Waals surface area (Å²) in [6.07, 6.45) is 0. The summed E-state index contributed by atoms with van der Waals surface area (Å²) in [5, 5.41) is 3.39. The molecular weight excluding hydrogens is 232 g/mol. The highest BCUT2D eigenvalue weighted by Gasteiger charge is 1.99. The van der Waals surface area contributed by atoms with Gasteiger partial charge in [0.2, 0.25) is 5.91 Å². The maximum atomic E-state index is 10.6. The number of hydrogen-bond donors (Lipinski definition) is 2. The number of carbonyl (C=O) groups excluding carboxylic acids is 1. The minimum atomic E-state index is -0.280. The molecule has 0 fully saturated rings.